The van der Waals surface area contributed by atoms with Crippen molar-refractivity contribution in [1.29, 1.82) is 0 Å². The molecule has 1 aromatic heterocycles. The van der Waals surface area contributed by atoms with Gasteiger partial charge in [-0.25, -0.2) is 13.8 Å². The second kappa shape index (κ2) is 4.28. The fourth-order valence-corrected chi connectivity index (χ4v) is 1.47. The molecule has 2 nitrogen and oxygen atoms in total. The molecule has 1 aromatic rings. The predicted octanol–water partition coefficient (Wildman–Crippen LogP) is 3.09. The maximum absolute atomic E-state index is 12.3. The van der Waals surface area contributed by atoms with E-state index in [1.165, 1.54) is 0 Å². The second-order valence-electron chi connectivity index (χ2n) is 2.16. The highest BCUT2D eigenvalue weighted by Crippen LogP contribution is 2.28. The number of aromatic nitrogens is 1. The predicted molar refractivity (Wildman–Crippen MR) is 52.3 cm³/mol. The van der Waals surface area contributed by atoms with Crippen molar-refractivity contribution in [1.82, 2.24) is 4.98 Å². The highest BCUT2D eigenvalue weighted by atomic mass is 127. The third-order valence-electron chi connectivity index (χ3n) is 1.32. The third kappa shape index (κ3) is 2.34. The molecule has 0 aliphatic carbocycles. The molecule has 0 saturated carbocycles. The maximum Gasteiger partial charge on any atom is 0.265 e. The van der Waals surface area contributed by atoms with Crippen molar-refractivity contribution in [3.8, 4) is 0 Å². The second-order valence-corrected chi connectivity index (χ2v) is 3.60. The van der Waals surface area contributed by atoms with Gasteiger partial charge in [-0.3, -0.25) is 4.79 Å². The van der Waals surface area contributed by atoms with E-state index >= 15 is 0 Å². The number of hydrogen-bond acceptors (Lipinski definition) is 2. The van der Waals surface area contributed by atoms with Crippen LogP contribution in [0.5, 0.6) is 0 Å². The minimum atomic E-state index is -2.65. The summed E-state index contributed by atoms with van der Waals surface area (Å²) in [6.45, 7) is 0. The molecule has 0 aliphatic heterocycles. The summed E-state index contributed by atoms with van der Waals surface area (Å²) in [6, 6.07) is 1.03. The van der Waals surface area contributed by atoms with Gasteiger partial charge in [-0.1, -0.05) is 11.6 Å². The number of aldehydes is 1. The number of pyridine rings is 1. The Morgan fingerprint density at radius 3 is 2.69 bits per heavy atom. The van der Waals surface area contributed by atoms with Gasteiger partial charge < -0.3 is 0 Å². The quantitative estimate of drug-likeness (QED) is 0.477. The maximum atomic E-state index is 12.3. The Bertz CT molecular complexity index is 346. The summed E-state index contributed by atoms with van der Waals surface area (Å²) < 4.78 is 24.8. The SMILES string of the molecule is O=Cc1cc(C(F)F)c(I)c(Cl)n1. The van der Waals surface area contributed by atoms with E-state index in [0.29, 0.717) is 6.29 Å². The molecule has 0 N–H and O–H groups in total. The van der Waals surface area contributed by atoms with Gasteiger partial charge in [-0.15, -0.1) is 0 Å². The van der Waals surface area contributed by atoms with Crippen LogP contribution in [0.2, 0.25) is 5.15 Å². The van der Waals surface area contributed by atoms with E-state index in [9.17, 15) is 13.6 Å². The van der Waals surface area contributed by atoms with Gasteiger partial charge in [-0.05, 0) is 28.7 Å². The molecule has 0 fully saturated rings. The summed E-state index contributed by atoms with van der Waals surface area (Å²) in [5, 5.41) is -0.0690. The topological polar surface area (TPSA) is 30.0 Å². The smallest absolute Gasteiger partial charge is 0.265 e. The molecule has 0 aliphatic rings. The molecular formula is C7H3ClF2INO. The van der Waals surface area contributed by atoms with Crippen LogP contribution < -0.4 is 0 Å². The van der Waals surface area contributed by atoms with Gasteiger partial charge in [0.15, 0.2) is 6.29 Å². The molecular weight excluding hydrogens is 314 g/mol. The number of carbonyl (C=O) groups is 1. The first kappa shape index (κ1) is 10.8. The van der Waals surface area contributed by atoms with Crippen LogP contribution >= 0.6 is 34.2 Å². The monoisotopic (exact) mass is 317 g/mol. The first-order valence-electron chi connectivity index (χ1n) is 3.15. The van der Waals surface area contributed by atoms with Gasteiger partial charge >= 0.3 is 0 Å². The lowest BCUT2D eigenvalue weighted by molar-refractivity contribution is 0.111. The Morgan fingerprint density at radius 1 is 1.62 bits per heavy atom. The first-order chi connectivity index (χ1) is 6.06. The Hall–Kier alpha value is -0.300. The zero-order valence-corrected chi connectivity index (χ0v) is 9.01. The van der Waals surface area contributed by atoms with Crippen molar-refractivity contribution >= 4 is 40.5 Å². The summed E-state index contributed by atoms with van der Waals surface area (Å²) in [4.78, 5) is 13.9. The lowest BCUT2D eigenvalue weighted by Crippen LogP contribution is -1.97. The number of rotatable bonds is 2. The van der Waals surface area contributed by atoms with Crippen LogP contribution in [-0.4, -0.2) is 11.3 Å². The minimum absolute atomic E-state index is 0.0690. The molecule has 0 aromatic carbocycles. The van der Waals surface area contributed by atoms with E-state index in [4.69, 9.17) is 11.6 Å². The van der Waals surface area contributed by atoms with Crippen LogP contribution in [0.15, 0.2) is 6.07 Å². The molecule has 0 atom stereocenters. The normalized spacial score (nSPS) is 10.5. The number of nitrogens with zero attached hydrogens (tertiary/aromatic N) is 1. The number of hydrogen-bond donors (Lipinski definition) is 0. The molecule has 0 saturated heterocycles. The van der Waals surface area contributed by atoms with Crippen molar-refractivity contribution in [2.45, 2.75) is 6.43 Å². The Kier molecular flexibility index (Phi) is 3.55. The average molecular weight is 317 g/mol. The van der Waals surface area contributed by atoms with Crippen LogP contribution in [0, 0.1) is 3.57 Å². The first-order valence-corrected chi connectivity index (χ1v) is 4.61. The molecule has 0 amide bonds. The molecule has 70 valence electrons. The molecule has 6 heteroatoms. The highest BCUT2D eigenvalue weighted by Gasteiger charge is 2.16. The van der Waals surface area contributed by atoms with Gasteiger partial charge in [0, 0.05) is 5.56 Å². The largest absolute Gasteiger partial charge is 0.296 e. The zero-order valence-electron chi connectivity index (χ0n) is 6.10. The molecule has 1 rings (SSSR count). The summed E-state index contributed by atoms with van der Waals surface area (Å²) in [5.41, 5.74) is -0.344. The molecule has 0 spiro atoms. The van der Waals surface area contributed by atoms with Crippen LogP contribution in [0.25, 0.3) is 0 Å². The summed E-state index contributed by atoms with van der Waals surface area (Å²) in [5.74, 6) is 0. The summed E-state index contributed by atoms with van der Waals surface area (Å²) in [7, 11) is 0. The third-order valence-corrected chi connectivity index (χ3v) is 3.05. The van der Waals surface area contributed by atoms with E-state index in [1.54, 1.807) is 22.6 Å². The number of carbonyl (C=O) groups excluding carboxylic acids is 1. The molecule has 0 radical (unpaired) electrons. The van der Waals surface area contributed by atoms with Crippen molar-refractivity contribution < 1.29 is 13.6 Å². The van der Waals surface area contributed by atoms with E-state index in [-0.39, 0.29) is 20.0 Å². The van der Waals surface area contributed by atoms with E-state index in [0.717, 1.165) is 6.07 Å². The Balaban J connectivity index is 3.32. The van der Waals surface area contributed by atoms with Gasteiger partial charge in [0.25, 0.3) is 6.43 Å². The summed E-state index contributed by atoms with van der Waals surface area (Å²) in [6.07, 6.45) is -2.26. The van der Waals surface area contributed by atoms with Crippen LogP contribution in [0.4, 0.5) is 8.78 Å². The van der Waals surface area contributed by atoms with E-state index in [2.05, 4.69) is 4.98 Å². The van der Waals surface area contributed by atoms with Crippen LogP contribution in [0.1, 0.15) is 22.5 Å². The fourth-order valence-electron chi connectivity index (χ4n) is 0.756. The number of halogens is 4. The molecule has 13 heavy (non-hydrogen) atoms. The molecule has 1 heterocycles. The number of alkyl halides is 2. The lowest BCUT2D eigenvalue weighted by atomic mass is 10.2. The van der Waals surface area contributed by atoms with Gasteiger partial charge in [0.05, 0.1) is 3.57 Å². The lowest BCUT2D eigenvalue weighted by Gasteiger charge is -2.04. The minimum Gasteiger partial charge on any atom is -0.296 e. The highest BCUT2D eigenvalue weighted by molar-refractivity contribution is 14.1. The van der Waals surface area contributed by atoms with Crippen LogP contribution in [-0.2, 0) is 0 Å². The molecule has 0 bridgehead atoms. The van der Waals surface area contributed by atoms with Crippen molar-refractivity contribution in [2.75, 3.05) is 0 Å². The molecule has 0 unspecified atom stereocenters. The zero-order chi connectivity index (χ0) is 10.0. The summed E-state index contributed by atoms with van der Waals surface area (Å²) >= 11 is 7.19. The van der Waals surface area contributed by atoms with Crippen molar-refractivity contribution in [2.24, 2.45) is 0 Å². The van der Waals surface area contributed by atoms with Crippen molar-refractivity contribution in [3.05, 3.63) is 26.0 Å². The Labute approximate surface area is 91.4 Å². The van der Waals surface area contributed by atoms with Crippen molar-refractivity contribution in [3.63, 3.8) is 0 Å². The average Bonchev–Trinajstić information content (AvgIpc) is 2.09. The van der Waals surface area contributed by atoms with Crippen LogP contribution in [0.3, 0.4) is 0 Å². The van der Waals surface area contributed by atoms with Gasteiger partial charge in [0.2, 0.25) is 0 Å². The Morgan fingerprint density at radius 2 is 2.23 bits per heavy atom. The van der Waals surface area contributed by atoms with Gasteiger partial charge in [-0.2, -0.15) is 0 Å². The van der Waals surface area contributed by atoms with E-state index in [1.807, 2.05) is 0 Å². The van der Waals surface area contributed by atoms with E-state index < -0.39 is 6.43 Å². The van der Waals surface area contributed by atoms with Gasteiger partial charge in [0.1, 0.15) is 10.8 Å². The fraction of sp³-hybridized carbons (Fsp3) is 0.143. The standard InChI is InChI=1S/C7H3ClF2INO/c8-6-5(11)4(7(9)10)1-3(2-13)12-6/h1-2,7H.